The Kier molecular flexibility index (Phi) is 11.8. The van der Waals surface area contributed by atoms with Crippen LogP contribution < -0.4 is 0 Å². The third-order valence-corrected chi connectivity index (χ3v) is 4.54. The van der Waals surface area contributed by atoms with E-state index in [0.29, 0.717) is 5.75 Å². The van der Waals surface area contributed by atoms with Gasteiger partial charge in [-0.05, 0) is 24.5 Å². The molecular weight excluding hydrogens is 268 g/mol. The van der Waals surface area contributed by atoms with Gasteiger partial charge in [0.25, 0.3) is 0 Å². The van der Waals surface area contributed by atoms with Crippen molar-refractivity contribution < 1.29 is 5.11 Å². The van der Waals surface area contributed by atoms with E-state index in [4.69, 9.17) is 0 Å². The van der Waals surface area contributed by atoms with Gasteiger partial charge in [0.2, 0.25) is 0 Å². The maximum Gasteiger partial charge on any atom is 0.118 e. The van der Waals surface area contributed by atoms with Gasteiger partial charge in [0.15, 0.2) is 0 Å². The smallest absolute Gasteiger partial charge is 0.118 e. The molecule has 0 aliphatic rings. The Bertz CT molecular complexity index is 359. The van der Waals surface area contributed by atoms with E-state index in [1.54, 1.807) is 6.07 Å². The van der Waals surface area contributed by atoms with Crippen LogP contribution in [0.2, 0.25) is 0 Å². The highest BCUT2D eigenvalue weighted by molar-refractivity contribution is 5.31. The normalized spacial score (nSPS) is 11.0. The monoisotopic (exact) mass is 304 g/mol. The number of aryl methyl sites for hydroxylation is 1. The molecule has 0 atom stereocenters. The summed E-state index contributed by atoms with van der Waals surface area (Å²) in [6.07, 6.45) is 19.1. The van der Waals surface area contributed by atoms with Crippen LogP contribution in [0.3, 0.4) is 0 Å². The quantitative estimate of drug-likeness (QED) is 0.366. The minimum atomic E-state index is 0.460. The summed E-state index contributed by atoms with van der Waals surface area (Å²) >= 11 is 0. The number of aromatic hydroxyl groups is 1. The Labute approximate surface area is 138 Å². The highest BCUT2D eigenvalue weighted by atomic mass is 16.3. The van der Waals surface area contributed by atoms with Gasteiger partial charge >= 0.3 is 0 Å². The topological polar surface area (TPSA) is 20.2 Å². The molecule has 0 heterocycles. The van der Waals surface area contributed by atoms with E-state index in [1.165, 1.54) is 83.5 Å². The van der Waals surface area contributed by atoms with E-state index < -0.39 is 0 Å². The maximum absolute atomic E-state index is 9.70. The lowest BCUT2D eigenvalue weighted by molar-refractivity contribution is 0.466. The molecule has 0 bridgehead atoms. The predicted octanol–water partition coefficient (Wildman–Crippen LogP) is 7.03. The Morgan fingerprint density at radius 3 is 1.59 bits per heavy atom. The summed E-state index contributed by atoms with van der Waals surface area (Å²) in [5, 5.41) is 9.70. The molecule has 0 aliphatic carbocycles. The summed E-state index contributed by atoms with van der Waals surface area (Å²) < 4.78 is 0. The molecule has 0 saturated heterocycles. The van der Waals surface area contributed by atoms with Gasteiger partial charge < -0.3 is 5.11 Å². The van der Waals surface area contributed by atoms with Crippen molar-refractivity contribution in [2.75, 3.05) is 0 Å². The lowest BCUT2D eigenvalue weighted by Gasteiger charge is -2.05. The number of benzene rings is 1. The molecule has 0 fully saturated rings. The van der Waals surface area contributed by atoms with Crippen LogP contribution in [0, 0.1) is 0 Å². The SMILES string of the molecule is CCCCCCCCCCCCCCCc1ccccc1O. The highest BCUT2D eigenvalue weighted by Crippen LogP contribution is 2.19. The van der Waals surface area contributed by atoms with Crippen molar-refractivity contribution in [2.24, 2.45) is 0 Å². The Morgan fingerprint density at radius 1 is 0.636 bits per heavy atom. The van der Waals surface area contributed by atoms with Gasteiger partial charge in [-0.25, -0.2) is 0 Å². The molecule has 1 N–H and O–H groups in total. The maximum atomic E-state index is 9.70. The van der Waals surface area contributed by atoms with E-state index in [0.717, 1.165) is 12.0 Å². The molecule has 0 amide bonds. The van der Waals surface area contributed by atoms with E-state index in [-0.39, 0.29) is 0 Å². The van der Waals surface area contributed by atoms with Crippen molar-refractivity contribution >= 4 is 0 Å². The number of phenolic OH excluding ortho intramolecular Hbond substituents is 1. The van der Waals surface area contributed by atoms with Crippen LogP contribution in [0.4, 0.5) is 0 Å². The zero-order valence-electron chi connectivity index (χ0n) is 14.7. The second-order valence-corrected chi connectivity index (χ2v) is 6.62. The summed E-state index contributed by atoms with van der Waals surface area (Å²) in [6, 6.07) is 7.73. The molecular formula is C21H36O. The first-order chi connectivity index (χ1) is 10.8. The first-order valence-electron chi connectivity index (χ1n) is 9.61. The van der Waals surface area contributed by atoms with E-state index in [2.05, 4.69) is 6.92 Å². The predicted molar refractivity (Wildman–Crippen MR) is 97.5 cm³/mol. The van der Waals surface area contributed by atoms with E-state index >= 15 is 0 Å². The van der Waals surface area contributed by atoms with Gasteiger partial charge in [-0.15, -0.1) is 0 Å². The zero-order chi connectivity index (χ0) is 15.9. The first-order valence-corrected chi connectivity index (χ1v) is 9.61. The van der Waals surface area contributed by atoms with Crippen molar-refractivity contribution in [1.29, 1.82) is 0 Å². The minimum Gasteiger partial charge on any atom is -0.508 e. The summed E-state index contributed by atoms with van der Waals surface area (Å²) in [5.74, 6) is 0.460. The van der Waals surface area contributed by atoms with Gasteiger partial charge in [0.1, 0.15) is 5.75 Å². The second kappa shape index (κ2) is 13.7. The number of unbranched alkanes of at least 4 members (excludes halogenated alkanes) is 12. The molecule has 0 spiro atoms. The molecule has 0 radical (unpaired) electrons. The van der Waals surface area contributed by atoms with E-state index in [9.17, 15) is 5.11 Å². The Morgan fingerprint density at radius 2 is 1.09 bits per heavy atom. The van der Waals surface area contributed by atoms with Crippen LogP contribution in [-0.4, -0.2) is 5.11 Å². The molecule has 0 unspecified atom stereocenters. The molecule has 1 aromatic carbocycles. The van der Waals surface area contributed by atoms with Crippen LogP contribution in [-0.2, 0) is 6.42 Å². The highest BCUT2D eigenvalue weighted by Gasteiger charge is 1.99. The third kappa shape index (κ3) is 9.87. The molecule has 0 aromatic heterocycles. The molecule has 126 valence electrons. The van der Waals surface area contributed by atoms with Crippen molar-refractivity contribution in [1.82, 2.24) is 0 Å². The van der Waals surface area contributed by atoms with Gasteiger partial charge in [0.05, 0.1) is 0 Å². The number of phenols is 1. The summed E-state index contributed by atoms with van der Waals surface area (Å²) in [7, 11) is 0. The number of rotatable bonds is 14. The molecule has 0 aliphatic heterocycles. The molecule has 1 rings (SSSR count). The van der Waals surface area contributed by atoms with Crippen molar-refractivity contribution in [3.63, 3.8) is 0 Å². The third-order valence-electron chi connectivity index (χ3n) is 4.54. The average molecular weight is 305 g/mol. The van der Waals surface area contributed by atoms with Gasteiger partial charge in [-0.3, -0.25) is 0 Å². The average Bonchev–Trinajstić information content (AvgIpc) is 2.53. The molecule has 1 aromatic rings. The van der Waals surface area contributed by atoms with Crippen molar-refractivity contribution in [3.05, 3.63) is 29.8 Å². The lowest BCUT2D eigenvalue weighted by Crippen LogP contribution is -1.87. The minimum absolute atomic E-state index is 0.460. The standard InChI is InChI=1S/C21H36O/c1-2-3-4-5-6-7-8-9-10-11-12-13-14-17-20-18-15-16-19-21(20)22/h15-16,18-19,22H,2-14,17H2,1H3. The fourth-order valence-corrected chi connectivity index (χ4v) is 3.06. The number of hydrogen-bond acceptors (Lipinski definition) is 1. The van der Waals surface area contributed by atoms with Gasteiger partial charge in [-0.1, -0.05) is 102 Å². The van der Waals surface area contributed by atoms with Crippen molar-refractivity contribution in [2.45, 2.75) is 96.8 Å². The molecule has 1 heteroatoms. The number of hydrogen-bond donors (Lipinski definition) is 1. The van der Waals surface area contributed by atoms with Gasteiger partial charge in [-0.2, -0.15) is 0 Å². The zero-order valence-corrected chi connectivity index (χ0v) is 14.7. The fraction of sp³-hybridized carbons (Fsp3) is 0.714. The van der Waals surface area contributed by atoms with Crippen LogP contribution in [0.5, 0.6) is 5.75 Å². The largest absolute Gasteiger partial charge is 0.508 e. The summed E-state index contributed by atoms with van der Waals surface area (Å²) in [5.41, 5.74) is 1.10. The number of para-hydroxylation sites is 1. The molecule has 0 saturated carbocycles. The molecule has 1 nitrogen and oxygen atoms in total. The first kappa shape index (κ1) is 19.1. The van der Waals surface area contributed by atoms with Gasteiger partial charge in [0, 0.05) is 0 Å². The van der Waals surface area contributed by atoms with Crippen LogP contribution in [0.1, 0.15) is 96.0 Å². The van der Waals surface area contributed by atoms with Crippen molar-refractivity contribution in [3.8, 4) is 5.75 Å². The van der Waals surface area contributed by atoms with Crippen LogP contribution >= 0.6 is 0 Å². The second-order valence-electron chi connectivity index (χ2n) is 6.62. The van der Waals surface area contributed by atoms with Crippen LogP contribution in [0.25, 0.3) is 0 Å². The Balaban J connectivity index is 1.81. The lowest BCUT2D eigenvalue weighted by atomic mass is 10.0. The van der Waals surface area contributed by atoms with Crippen LogP contribution in [0.15, 0.2) is 24.3 Å². The fourth-order valence-electron chi connectivity index (χ4n) is 3.06. The summed E-state index contributed by atoms with van der Waals surface area (Å²) in [4.78, 5) is 0. The Hall–Kier alpha value is -0.980. The summed E-state index contributed by atoms with van der Waals surface area (Å²) in [6.45, 7) is 2.28. The molecule has 22 heavy (non-hydrogen) atoms. The van der Waals surface area contributed by atoms with E-state index in [1.807, 2.05) is 18.2 Å².